The molecule has 0 bridgehead atoms. The maximum absolute atomic E-state index is 4.39. The summed E-state index contributed by atoms with van der Waals surface area (Å²) in [6, 6.07) is 4.18. The molecule has 88 valence electrons. The third-order valence-electron chi connectivity index (χ3n) is 2.52. The van der Waals surface area contributed by atoms with E-state index in [1.165, 1.54) is 17.6 Å². The number of rotatable bonds is 6. The quantitative estimate of drug-likeness (QED) is 0.742. The number of nitrogens with one attached hydrogen (secondary N) is 1. The number of aryl methyl sites for hydroxylation is 1. The maximum Gasteiger partial charge on any atom is 0.0629 e. The van der Waals surface area contributed by atoms with E-state index in [1.807, 2.05) is 6.20 Å². The van der Waals surface area contributed by atoms with Crippen molar-refractivity contribution in [2.24, 2.45) is 0 Å². The van der Waals surface area contributed by atoms with E-state index in [-0.39, 0.29) is 0 Å². The third kappa shape index (κ3) is 4.58. The number of hydrogen-bond acceptors (Lipinski definition) is 2. The van der Waals surface area contributed by atoms with E-state index < -0.39 is 0 Å². The molecule has 0 atom stereocenters. The lowest BCUT2D eigenvalue weighted by Crippen LogP contribution is -2.17. The number of aromatic nitrogens is 1. The molecule has 0 unspecified atom stereocenters. The highest BCUT2D eigenvalue weighted by molar-refractivity contribution is 5.49. The Balaban J connectivity index is 2.60. The molecule has 0 saturated carbocycles. The normalized spacial score (nSPS) is 11.8. The van der Waals surface area contributed by atoms with Crippen LogP contribution in [-0.2, 0) is 0 Å². The molecule has 1 heterocycles. The fourth-order valence-corrected chi connectivity index (χ4v) is 1.48. The molecule has 1 aromatic rings. The van der Waals surface area contributed by atoms with Crippen LogP contribution in [0.1, 0.15) is 37.9 Å². The van der Waals surface area contributed by atoms with Gasteiger partial charge < -0.3 is 5.32 Å². The van der Waals surface area contributed by atoms with Crippen molar-refractivity contribution in [1.82, 2.24) is 10.3 Å². The maximum atomic E-state index is 4.39. The van der Waals surface area contributed by atoms with Crippen molar-refractivity contribution in [3.8, 4) is 0 Å². The Labute approximate surface area is 98.8 Å². The Bertz CT molecular complexity index is 325. The molecule has 0 aromatic carbocycles. The van der Waals surface area contributed by atoms with Crippen LogP contribution in [-0.4, -0.2) is 18.1 Å². The Kier molecular flexibility index (Phi) is 5.79. The molecule has 2 heteroatoms. The van der Waals surface area contributed by atoms with Gasteiger partial charge in [0, 0.05) is 12.7 Å². The van der Waals surface area contributed by atoms with E-state index in [9.17, 15) is 0 Å². The fraction of sp³-hybridized carbons (Fsp3) is 0.500. The second-order valence-electron chi connectivity index (χ2n) is 4.09. The monoisotopic (exact) mass is 218 g/mol. The summed E-state index contributed by atoms with van der Waals surface area (Å²) in [4.78, 5) is 4.39. The predicted octanol–water partition coefficient (Wildman–Crippen LogP) is 3.18. The molecule has 16 heavy (non-hydrogen) atoms. The molecule has 0 aliphatic carbocycles. The molecule has 0 fully saturated rings. The molecule has 0 radical (unpaired) electrons. The topological polar surface area (TPSA) is 24.9 Å². The standard InChI is InChI=1S/C14H22N2/c1-4-8-15-11-13(5-2)9-14-7-6-12(3)10-16-14/h6-7,9-10,15H,4-5,8,11H2,1-3H3/b13-9+. The van der Waals surface area contributed by atoms with Crippen LogP contribution < -0.4 is 5.32 Å². The van der Waals surface area contributed by atoms with Gasteiger partial charge >= 0.3 is 0 Å². The van der Waals surface area contributed by atoms with Crippen LogP contribution in [0.2, 0.25) is 0 Å². The van der Waals surface area contributed by atoms with Gasteiger partial charge in [-0.15, -0.1) is 0 Å². The molecule has 1 rings (SSSR count). The van der Waals surface area contributed by atoms with Gasteiger partial charge in [-0.25, -0.2) is 0 Å². The highest BCUT2D eigenvalue weighted by Gasteiger charge is 1.96. The van der Waals surface area contributed by atoms with E-state index in [1.54, 1.807) is 0 Å². The van der Waals surface area contributed by atoms with Crippen molar-refractivity contribution in [2.75, 3.05) is 13.1 Å². The summed E-state index contributed by atoms with van der Waals surface area (Å²) in [5.41, 5.74) is 3.67. The van der Waals surface area contributed by atoms with E-state index in [4.69, 9.17) is 0 Å². The average molecular weight is 218 g/mol. The summed E-state index contributed by atoms with van der Waals surface area (Å²) in [7, 11) is 0. The molecule has 2 nitrogen and oxygen atoms in total. The first-order chi connectivity index (χ1) is 7.76. The van der Waals surface area contributed by atoms with Crippen molar-refractivity contribution in [3.63, 3.8) is 0 Å². The van der Waals surface area contributed by atoms with Crippen LogP contribution in [0.3, 0.4) is 0 Å². The second kappa shape index (κ2) is 7.18. The number of pyridine rings is 1. The minimum Gasteiger partial charge on any atom is -0.313 e. The number of hydrogen-bond donors (Lipinski definition) is 1. The van der Waals surface area contributed by atoms with Crippen molar-refractivity contribution >= 4 is 6.08 Å². The first-order valence-corrected chi connectivity index (χ1v) is 6.09. The van der Waals surface area contributed by atoms with E-state index in [0.29, 0.717) is 0 Å². The van der Waals surface area contributed by atoms with E-state index in [2.05, 4.69) is 49.3 Å². The van der Waals surface area contributed by atoms with Crippen LogP contribution in [0.15, 0.2) is 23.9 Å². The summed E-state index contributed by atoms with van der Waals surface area (Å²) in [6.45, 7) is 8.49. The molecular formula is C14H22N2. The SMILES string of the molecule is CCCNC/C(=C/c1ccc(C)cn1)CC. The minimum atomic E-state index is 0.972. The molecule has 1 aromatic heterocycles. The van der Waals surface area contributed by atoms with Gasteiger partial charge in [-0.2, -0.15) is 0 Å². The highest BCUT2D eigenvalue weighted by atomic mass is 14.8. The van der Waals surface area contributed by atoms with Gasteiger partial charge in [0.25, 0.3) is 0 Å². The molecule has 0 amide bonds. The molecule has 1 N–H and O–H groups in total. The Morgan fingerprint density at radius 3 is 2.75 bits per heavy atom. The van der Waals surface area contributed by atoms with Crippen molar-refractivity contribution in [2.45, 2.75) is 33.6 Å². The molecule has 0 aliphatic heterocycles. The molecular weight excluding hydrogens is 196 g/mol. The Hall–Kier alpha value is -1.15. The molecule has 0 saturated heterocycles. The largest absolute Gasteiger partial charge is 0.313 e. The second-order valence-corrected chi connectivity index (χ2v) is 4.09. The first kappa shape index (κ1) is 12.9. The molecule has 0 aliphatic rings. The average Bonchev–Trinajstić information content (AvgIpc) is 2.31. The minimum absolute atomic E-state index is 0.972. The summed E-state index contributed by atoms with van der Waals surface area (Å²) >= 11 is 0. The Morgan fingerprint density at radius 2 is 2.19 bits per heavy atom. The van der Waals surface area contributed by atoms with Gasteiger partial charge in [-0.05, 0) is 44.0 Å². The van der Waals surface area contributed by atoms with Gasteiger partial charge in [0.1, 0.15) is 0 Å². The van der Waals surface area contributed by atoms with Crippen LogP contribution in [0, 0.1) is 6.92 Å². The van der Waals surface area contributed by atoms with Gasteiger partial charge in [0.2, 0.25) is 0 Å². The zero-order valence-electron chi connectivity index (χ0n) is 10.6. The van der Waals surface area contributed by atoms with E-state index in [0.717, 1.165) is 25.2 Å². The molecule has 0 spiro atoms. The van der Waals surface area contributed by atoms with E-state index >= 15 is 0 Å². The fourth-order valence-electron chi connectivity index (χ4n) is 1.48. The lowest BCUT2D eigenvalue weighted by Gasteiger charge is -2.06. The smallest absolute Gasteiger partial charge is 0.0629 e. The summed E-state index contributed by atoms with van der Waals surface area (Å²) < 4.78 is 0. The third-order valence-corrected chi connectivity index (χ3v) is 2.52. The lowest BCUT2D eigenvalue weighted by molar-refractivity contribution is 0.705. The highest BCUT2D eigenvalue weighted by Crippen LogP contribution is 2.07. The van der Waals surface area contributed by atoms with Gasteiger partial charge in [-0.3, -0.25) is 4.98 Å². The van der Waals surface area contributed by atoms with Crippen molar-refractivity contribution in [3.05, 3.63) is 35.2 Å². The van der Waals surface area contributed by atoms with Gasteiger partial charge in [-0.1, -0.05) is 25.5 Å². The summed E-state index contributed by atoms with van der Waals surface area (Å²) in [5.74, 6) is 0. The lowest BCUT2D eigenvalue weighted by atomic mass is 10.1. The van der Waals surface area contributed by atoms with Crippen LogP contribution >= 0.6 is 0 Å². The van der Waals surface area contributed by atoms with Crippen LogP contribution in [0.5, 0.6) is 0 Å². The zero-order chi connectivity index (χ0) is 11.8. The van der Waals surface area contributed by atoms with Gasteiger partial charge in [0.15, 0.2) is 0 Å². The van der Waals surface area contributed by atoms with Crippen LogP contribution in [0.25, 0.3) is 6.08 Å². The summed E-state index contributed by atoms with van der Waals surface area (Å²) in [5, 5.41) is 3.42. The summed E-state index contributed by atoms with van der Waals surface area (Å²) in [6.07, 6.45) is 6.35. The predicted molar refractivity (Wildman–Crippen MR) is 70.4 cm³/mol. The number of nitrogens with zero attached hydrogens (tertiary/aromatic N) is 1. The Morgan fingerprint density at radius 1 is 1.38 bits per heavy atom. The van der Waals surface area contributed by atoms with Crippen molar-refractivity contribution in [1.29, 1.82) is 0 Å². The van der Waals surface area contributed by atoms with Crippen molar-refractivity contribution < 1.29 is 0 Å². The van der Waals surface area contributed by atoms with Crippen LogP contribution in [0.4, 0.5) is 0 Å². The first-order valence-electron chi connectivity index (χ1n) is 6.09. The van der Waals surface area contributed by atoms with Gasteiger partial charge in [0.05, 0.1) is 5.69 Å². The zero-order valence-corrected chi connectivity index (χ0v) is 10.6.